The Labute approximate surface area is 130 Å². The van der Waals surface area contributed by atoms with E-state index in [0.717, 1.165) is 0 Å². The van der Waals surface area contributed by atoms with Gasteiger partial charge in [-0.2, -0.15) is 0 Å². The number of hydrogen-bond donors (Lipinski definition) is 4. The molecular weight excluding hydrogens is 342 g/mol. The summed E-state index contributed by atoms with van der Waals surface area (Å²) >= 11 is 0. The Morgan fingerprint density at radius 1 is 0.850 bits per heavy atom. The Balaban J connectivity index is -0.000000116. The molecule has 0 aliphatic carbocycles. The van der Waals surface area contributed by atoms with E-state index in [0.29, 0.717) is 0 Å². The molecule has 0 heterocycles. The molecule has 0 unspecified atom stereocenters. The second-order valence-corrected chi connectivity index (χ2v) is 3.05. The van der Waals surface area contributed by atoms with Gasteiger partial charge in [0.2, 0.25) is 0 Å². The van der Waals surface area contributed by atoms with Crippen molar-refractivity contribution in [2.75, 3.05) is 0 Å². The first-order valence-electron chi connectivity index (χ1n) is 4.44. The molecule has 0 spiro atoms. The quantitative estimate of drug-likeness (QED) is 0.335. The number of aliphatic carboxylic acids is 4. The van der Waals surface area contributed by atoms with Crippen molar-refractivity contribution in [2.45, 2.75) is 24.9 Å². The molecule has 117 valence electrons. The predicted molar refractivity (Wildman–Crippen MR) is 57.7 cm³/mol. The maximum absolute atomic E-state index is 9.74. The van der Waals surface area contributed by atoms with E-state index in [1.807, 2.05) is 0 Å². The number of nitrogens with two attached hydrogens (primary N) is 2. The number of rotatable bonds is 6. The predicted octanol–water partition coefficient (Wildman–Crippen LogP) is -4.50. The SMILES string of the molecule is Cl.N[C@@H](CC(=O)O)C(=O)[O-].N[C@@H](CC(=O)O)C(=O)[O-].[Mn+2]. The number of carboxylic acids is 4. The van der Waals surface area contributed by atoms with Gasteiger partial charge < -0.3 is 41.5 Å². The fourth-order valence-electron chi connectivity index (χ4n) is 0.543. The molecule has 6 N–H and O–H groups in total. The van der Waals surface area contributed by atoms with Crippen molar-refractivity contribution < 1.29 is 56.7 Å². The number of carbonyl (C=O) groups excluding carboxylic acids is 2. The van der Waals surface area contributed by atoms with E-state index < -0.39 is 48.8 Å². The van der Waals surface area contributed by atoms with Crippen LogP contribution in [-0.4, -0.2) is 46.2 Å². The molecule has 0 aromatic carbocycles. The molecule has 0 saturated carbocycles. The standard InChI is InChI=1S/2C4H7NO4.ClH.Mn/c2*5-2(4(8)9)1-3(6)7;;/h2*2H,1,5H2,(H,6,7)(H,8,9);1H;/q;;;+2/p-2/t2*2-;;/m00../s1. The summed E-state index contributed by atoms with van der Waals surface area (Å²) in [5, 5.41) is 35.4. The molecule has 0 rings (SSSR count). The minimum atomic E-state index is -1.54. The number of carbonyl (C=O) groups is 4. The van der Waals surface area contributed by atoms with E-state index in [4.69, 9.17) is 21.7 Å². The molecule has 0 aliphatic rings. The largest absolute Gasteiger partial charge is 2.00 e. The van der Waals surface area contributed by atoms with Crippen LogP contribution in [0, 0.1) is 0 Å². The van der Waals surface area contributed by atoms with E-state index in [9.17, 15) is 29.4 Å². The van der Waals surface area contributed by atoms with E-state index >= 15 is 0 Å². The molecule has 1 radical (unpaired) electrons. The number of carboxylic acid groups (broad SMARTS) is 4. The van der Waals surface area contributed by atoms with Crippen molar-refractivity contribution in [1.29, 1.82) is 0 Å². The van der Waals surface area contributed by atoms with Gasteiger partial charge >= 0.3 is 29.0 Å². The molecule has 0 amide bonds. The third kappa shape index (κ3) is 19.0. The summed E-state index contributed by atoms with van der Waals surface area (Å²) in [5.41, 5.74) is 9.55. The van der Waals surface area contributed by atoms with Crippen molar-refractivity contribution in [3.8, 4) is 0 Å². The van der Waals surface area contributed by atoms with Crippen LogP contribution < -0.4 is 21.7 Å². The third-order valence-corrected chi connectivity index (χ3v) is 1.39. The Morgan fingerprint density at radius 3 is 1.10 bits per heavy atom. The summed E-state index contributed by atoms with van der Waals surface area (Å²) in [7, 11) is 0. The van der Waals surface area contributed by atoms with Crippen LogP contribution in [0.3, 0.4) is 0 Å². The van der Waals surface area contributed by atoms with Crippen LogP contribution in [0.15, 0.2) is 0 Å². The second-order valence-electron chi connectivity index (χ2n) is 3.05. The van der Waals surface area contributed by atoms with Gasteiger partial charge in [-0.15, -0.1) is 12.4 Å². The van der Waals surface area contributed by atoms with Crippen LogP contribution in [-0.2, 0) is 36.2 Å². The molecule has 20 heavy (non-hydrogen) atoms. The van der Waals surface area contributed by atoms with Crippen molar-refractivity contribution in [3.05, 3.63) is 0 Å². The molecular formula is C8H13ClMnN2O8. The van der Waals surface area contributed by atoms with E-state index in [1.165, 1.54) is 0 Å². The molecule has 0 bridgehead atoms. The first-order chi connectivity index (χ1) is 8.07. The fourth-order valence-corrected chi connectivity index (χ4v) is 0.543. The molecule has 0 aliphatic heterocycles. The summed E-state index contributed by atoms with van der Waals surface area (Å²) < 4.78 is 0. The van der Waals surface area contributed by atoms with Crippen LogP contribution in [0.2, 0.25) is 0 Å². The molecule has 0 aromatic heterocycles. The zero-order valence-electron chi connectivity index (χ0n) is 9.85. The van der Waals surface area contributed by atoms with Crippen LogP contribution >= 0.6 is 12.4 Å². The maximum Gasteiger partial charge on any atom is 2.00 e. The van der Waals surface area contributed by atoms with Gasteiger partial charge in [0.05, 0.1) is 36.9 Å². The minimum absolute atomic E-state index is 0. The average Bonchev–Trinajstić information content (AvgIpc) is 2.16. The Hall–Kier alpha value is -1.39. The van der Waals surface area contributed by atoms with Gasteiger partial charge in [0.15, 0.2) is 0 Å². The topological polar surface area (TPSA) is 207 Å². The zero-order valence-corrected chi connectivity index (χ0v) is 11.9. The molecule has 0 fully saturated rings. The average molecular weight is 356 g/mol. The van der Waals surface area contributed by atoms with Gasteiger partial charge in [0.1, 0.15) is 0 Å². The van der Waals surface area contributed by atoms with Crippen molar-refractivity contribution in [2.24, 2.45) is 11.5 Å². The Bertz CT molecular complexity index is 308. The molecule has 10 nitrogen and oxygen atoms in total. The Morgan fingerprint density at radius 2 is 1.05 bits per heavy atom. The second kappa shape index (κ2) is 14.0. The minimum Gasteiger partial charge on any atom is -0.548 e. The van der Waals surface area contributed by atoms with Crippen LogP contribution in [0.25, 0.3) is 0 Å². The molecule has 12 heteroatoms. The molecule has 2 atom stereocenters. The van der Waals surface area contributed by atoms with Gasteiger partial charge in [0, 0.05) is 0 Å². The van der Waals surface area contributed by atoms with Crippen molar-refractivity contribution in [1.82, 2.24) is 0 Å². The third-order valence-electron chi connectivity index (χ3n) is 1.39. The van der Waals surface area contributed by atoms with E-state index in [-0.39, 0.29) is 29.5 Å². The fraction of sp³-hybridized carbons (Fsp3) is 0.500. The molecule has 0 saturated heterocycles. The first kappa shape index (κ1) is 27.0. The summed E-state index contributed by atoms with van der Waals surface area (Å²) in [6.07, 6.45) is -1.19. The van der Waals surface area contributed by atoms with Crippen LogP contribution in [0.5, 0.6) is 0 Å². The first-order valence-corrected chi connectivity index (χ1v) is 4.44. The summed E-state index contributed by atoms with van der Waals surface area (Å²) in [6, 6.07) is -2.80. The van der Waals surface area contributed by atoms with Gasteiger partial charge in [-0.25, -0.2) is 0 Å². The summed E-state index contributed by atoms with van der Waals surface area (Å²) in [6.45, 7) is 0. The molecule has 0 aromatic rings. The van der Waals surface area contributed by atoms with Gasteiger partial charge in [0.25, 0.3) is 0 Å². The number of halogens is 1. The smallest absolute Gasteiger partial charge is 0.548 e. The number of hydrogen-bond acceptors (Lipinski definition) is 8. The maximum atomic E-state index is 9.74. The van der Waals surface area contributed by atoms with Crippen LogP contribution in [0.1, 0.15) is 12.8 Å². The monoisotopic (exact) mass is 355 g/mol. The zero-order chi connectivity index (χ0) is 14.9. The Kier molecular flexibility index (Phi) is 19.0. The van der Waals surface area contributed by atoms with Gasteiger partial charge in [-0.1, -0.05) is 0 Å². The van der Waals surface area contributed by atoms with Crippen molar-refractivity contribution >= 4 is 36.3 Å². The van der Waals surface area contributed by atoms with Crippen LogP contribution in [0.4, 0.5) is 0 Å². The summed E-state index contributed by atoms with van der Waals surface area (Å²) in [5.74, 6) is -5.58. The van der Waals surface area contributed by atoms with Crippen molar-refractivity contribution in [3.63, 3.8) is 0 Å². The van der Waals surface area contributed by atoms with Gasteiger partial charge in [-0.05, 0) is 0 Å². The van der Waals surface area contributed by atoms with Gasteiger partial charge in [-0.3, -0.25) is 9.59 Å². The van der Waals surface area contributed by atoms with E-state index in [1.54, 1.807) is 0 Å². The van der Waals surface area contributed by atoms with E-state index in [2.05, 4.69) is 0 Å². The normalized spacial score (nSPS) is 11.3. The summed E-state index contributed by atoms with van der Waals surface area (Å²) in [4.78, 5) is 39.0.